The van der Waals surface area contributed by atoms with Crippen LogP contribution in [0.4, 0.5) is 13.4 Å². The summed E-state index contributed by atoms with van der Waals surface area (Å²) in [5.41, 5.74) is 2.34. The van der Waals surface area contributed by atoms with Crippen molar-refractivity contribution in [3.8, 4) is 11.3 Å². The average Bonchev–Trinajstić information content (AvgIpc) is 3.21. The third-order valence-electron chi connectivity index (χ3n) is 5.77. The minimum atomic E-state index is -4.60. The van der Waals surface area contributed by atoms with Gasteiger partial charge in [0.15, 0.2) is 0 Å². The molecule has 3 aromatic carbocycles. The fourth-order valence-corrected chi connectivity index (χ4v) is 5.46. The van der Waals surface area contributed by atoms with E-state index in [4.69, 9.17) is 0 Å². The number of imidazole rings is 1. The Balaban J connectivity index is 1.72. The van der Waals surface area contributed by atoms with Gasteiger partial charge in [0.1, 0.15) is 5.82 Å². The molecule has 8 nitrogen and oxygen atoms in total. The Labute approximate surface area is 222 Å². The maximum atomic E-state index is 13.4. The highest BCUT2D eigenvalue weighted by atomic mass is 79.9. The van der Waals surface area contributed by atoms with Crippen LogP contribution in [0.2, 0.25) is 0 Å². The van der Waals surface area contributed by atoms with E-state index >= 15 is 0 Å². The Kier molecular flexibility index (Phi) is 8.37. The molecule has 0 spiro atoms. The molecule has 0 unspecified atom stereocenters. The lowest BCUT2D eigenvalue weighted by Crippen LogP contribution is -2.25. The smallest absolute Gasteiger partial charge is 0.399 e. The van der Waals surface area contributed by atoms with Gasteiger partial charge in [-0.15, -0.1) is 9.46 Å². The van der Waals surface area contributed by atoms with E-state index < -0.39 is 25.5 Å². The van der Waals surface area contributed by atoms with E-state index in [0.717, 1.165) is 0 Å². The number of carbonyl (C=O) groups is 1. The predicted molar refractivity (Wildman–Crippen MR) is 136 cm³/mol. The number of rotatable bonds is 10. The number of halogens is 4. The first-order valence-electron chi connectivity index (χ1n) is 11.0. The third kappa shape index (κ3) is 6.16. The molecule has 0 aliphatic carbocycles. The monoisotopic (exact) mass is 610 g/mol. The van der Waals surface area contributed by atoms with E-state index in [1.807, 2.05) is 0 Å². The van der Waals surface area contributed by atoms with Crippen molar-refractivity contribution >= 4 is 29.5 Å². The van der Waals surface area contributed by atoms with Crippen LogP contribution in [0, 0.1) is 5.82 Å². The molecule has 0 saturated carbocycles. The second kappa shape index (κ2) is 11.5. The van der Waals surface area contributed by atoms with Gasteiger partial charge in [-0.25, -0.2) is 14.0 Å². The molecule has 0 atom stereocenters. The fourth-order valence-electron chi connectivity index (χ4n) is 3.87. The largest absolute Gasteiger partial charge is 0.478 e. The lowest BCUT2D eigenvalue weighted by atomic mass is 10.1. The Morgan fingerprint density at radius 1 is 0.947 bits per heavy atom. The zero-order chi connectivity index (χ0) is 27.4. The van der Waals surface area contributed by atoms with Gasteiger partial charge in [0.05, 0.1) is 30.5 Å². The molecule has 0 saturated heterocycles. The van der Waals surface area contributed by atoms with Crippen LogP contribution in [0.15, 0.2) is 82.2 Å². The van der Waals surface area contributed by atoms with Crippen LogP contribution in [0.5, 0.6) is 0 Å². The summed E-state index contributed by atoms with van der Waals surface area (Å²) in [5.74, 6) is -1.49. The van der Waals surface area contributed by atoms with Crippen LogP contribution in [-0.2, 0) is 33.3 Å². The molecule has 13 heteroatoms. The Hall–Kier alpha value is -3.44. The quantitative estimate of drug-likeness (QED) is 0.206. The molecule has 38 heavy (non-hydrogen) atoms. The molecule has 198 valence electrons. The van der Waals surface area contributed by atoms with Crippen molar-refractivity contribution in [2.24, 2.45) is 0 Å². The number of aromatic carboxylic acids is 1. The van der Waals surface area contributed by atoms with E-state index in [2.05, 4.69) is 25.4 Å². The number of nitrogens with zero attached hydrogens (tertiary/aromatic N) is 2. The number of hydrogen-bond donors (Lipinski definition) is 1. The summed E-state index contributed by atoms with van der Waals surface area (Å²) in [4.78, 5) is 24.7. The van der Waals surface area contributed by atoms with Crippen LogP contribution < -0.4 is 5.69 Å². The number of carboxylic acid groups (broad SMARTS) is 1. The van der Waals surface area contributed by atoms with Gasteiger partial charge in [0.25, 0.3) is 0 Å². The van der Waals surface area contributed by atoms with Crippen LogP contribution in [0.25, 0.3) is 11.3 Å². The first kappa shape index (κ1) is 27.6. The Bertz CT molecular complexity index is 1560. The van der Waals surface area contributed by atoms with E-state index in [0.29, 0.717) is 26.9 Å². The third-order valence-corrected chi connectivity index (χ3v) is 7.66. The number of benzene rings is 3. The van der Waals surface area contributed by atoms with Crippen molar-refractivity contribution < 1.29 is 37.4 Å². The maximum absolute atomic E-state index is 13.4. The van der Waals surface area contributed by atoms with Gasteiger partial charge in [-0.05, 0) is 61.6 Å². The molecule has 4 rings (SSSR count). The summed E-state index contributed by atoms with van der Waals surface area (Å²) in [7, 11) is -4.60. The van der Waals surface area contributed by atoms with Gasteiger partial charge >= 0.3 is 19.3 Å². The van der Waals surface area contributed by atoms with Crippen LogP contribution in [0.3, 0.4) is 0 Å². The molecule has 1 N–H and O–H groups in total. The lowest BCUT2D eigenvalue weighted by Gasteiger charge is -2.12. The average molecular weight is 611 g/mol. The maximum Gasteiger partial charge on any atom is 0.399 e. The molecule has 1 heterocycles. The minimum absolute atomic E-state index is 0.0705. The zero-order valence-electron chi connectivity index (χ0n) is 19.4. The van der Waals surface area contributed by atoms with E-state index in [1.54, 1.807) is 42.6 Å². The summed E-state index contributed by atoms with van der Waals surface area (Å²) in [6, 6.07) is 16.4. The van der Waals surface area contributed by atoms with E-state index in [9.17, 15) is 32.7 Å². The number of carboxylic acids is 1. The number of aromatic nitrogens is 2. The zero-order valence-corrected chi connectivity index (χ0v) is 21.9. The highest BCUT2D eigenvalue weighted by molar-refractivity contribution is 9.10. The van der Waals surface area contributed by atoms with Crippen LogP contribution in [-0.4, -0.2) is 20.2 Å². The molecule has 0 fully saturated rings. The van der Waals surface area contributed by atoms with Crippen molar-refractivity contribution in [2.45, 2.75) is 19.3 Å². The summed E-state index contributed by atoms with van der Waals surface area (Å²) in [6.45, 7) is 0.234. The lowest BCUT2D eigenvalue weighted by molar-refractivity contribution is -0.0881. The SMILES string of the molecule is O=C(O)c1ccc(-c2cn(Cc3ccc(F)cc3)c(=O)n2Cc2ccc(CP(=O)(OF)OF)c(Br)c2)cc1. The molecule has 1 aromatic heterocycles. The Morgan fingerprint density at radius 3 is 2.16 bits per heavy atom. The van der Waals surface area contributed by atoms with Crippen molar-refractivity contribution in [2.75, 3.05) is 0 Å². The van der Waals surface area contributed by atoms with E-state index in [-0.39, 0.29) is 29.9 Å². The first-order chi connectivity index (χ1) is 18.1. The van der Waals surface area contributed by atoms with Crippen molar-refractivity contribution in [3.05, 3.63) is 116 Å². The summed E-state index contributed by atoms with van der Waals surface area (Å²) in [6.07, 6.45) is 0.953. The van der Waals surface area contributed by atoms with Crippen molar-refractivity contribution in [1.29, 1.82) is 0 Å². The summed E-state index contributed by atoms with van der Waals surface area (Å²) in [5, 5.41) is 9.21. The second-order valence-electron chi connectivity index (χ2n) is 8.35. The predicted octanol–water partition coefficient (Wildman–Crippen LogP) is 6.51. The summed E-state index contributed by atoms with van der Waals surface area (Å²) >= 11 is 3.27. The van der Waals surface area contributed by atoms with Crippen molar-refractivity contribution in [3.63, 3.8) is 0 Å². The summed E-state index contributed by atoms with van der Waals surface area (Å²) < 4.78 is 59.7. The second-order valence-corrected chi connectivity index (χ2v) is 11.0. The highest BCUT2D eigenvalue weighted by Gasteiger charge is 2.29. The molecule has 0 bridgehead atoms. The van der Waals surface area contributed by atoms with Crippen LogP contribution in [0.1, 0.15) is 27.0 Å². The van der Waals surface area contributed by atoms with Gasteiger partial charge in [-0.3, -0.25) is 13.7 Å². The topological polar surface area (TPSA) is 99.8 Å². The number of hydrogen-bond acceptors (Lipinski definition) is 5. The van der Waals surface area contributed by atoms with Gasteiger partial charge in [-0.1, -0.05) is 52.3 Å². The van der Waals surface area contributed by atoms with E-state index in [1.165, 1.54) is 39.5 Å². The Morgan fingerprint density at radius 2 is 1.58 bits per heavy atom. The van der Waals surface area contributed by atoms with Gasteiger partial charge < -0.3 is 5.11 Å². The molecule has 0 aliphatic rings. The molecule has 0 radical (unpaired) electrons. The molecule has 0 amide bonds. The van der Waals surface area contributed by atoms with Gasteiger partial charge in [0.2, 0.25) is 0 Å². The normalized spacial score (nSPS) is 11.6. The standard InChI is InChI=1S/C25H19BrF3N2O6P/c26-22-11-17(1-4-20(22)15-38(35,36-28)37-29)13-31-23(18-5-7-19(8-6-18)24(32)33)14-30(25(31)34)12-16-2-9-21(27)10-3-16/h1-11,14H,12-13,15H2,(H,32,33). The van der Waals surface area contributed by atoms with Crippen molar-refractivity contribution in [1.82, 2.24) is 9.13 Å². The minimum Gasteiger partial charge on any atom is -0.478 e. The molecular weight excluding hydrogens is 592 g/mol. The molecule has 4 aromatic rings. The molecule has 0 aliphatic heterocycles. The van der Waals surface area contributed by atoms with Crippen LogP contribution >= 0.6 is 23.5 Å². The first-order valence-corrected chi connectivity index (χ1v) is 13.5. The van der Waals surface area contributed by atoms with Gasteiger partial charge in [0, 0.05) is 10.7 Å². The fraction of sp³-hybridized carbons (Fsp3) is 0.120. The van der Waals surface area contributed by atoms with Gasteiger partial charge in [-0.2, -0.15) is 0 Å². The highest BCUT2D eigenvalue weighted by Crippen LogP contribution is 2.53. The molecular formula is C25H19BrF3N2O6P.